The molecule has 31 heavy (non-hydrogen) atoms. The SMILES string of the molecule is COc1ccc(C(=O)C2CCN(C(=O)C(Oc3ccccc3C#N)C(C)C)CC2)cc1. The number of methoxy groups -OCH3 is 1. The molecule has 6 heteroatoms. The fraction of sp³-hybridized carbons (Fsp3) is 0.400. The van der Waals surface area contributed by atoms with E-state index < -0.39 is 6.10 Å². The van der Waals surface area contributed by atoms with Gasteiger partial charge in [0.05, 0.1) is 12.7 Å². The minimum absolute atomic E-state index is 0.0575. The molecule has 2 aromatic carbocycles. The van der Waals surface area contributed by atoms with E-state index in [1.54, 1.807) is 60.5 Å². The summed E-state index contributed by atoms with van der Waals surface area (Å²) in [6.45, 7) is 4.88. The van der Waals surface area contributed by atoms with E-state index in [9.17, 15) is 14.9 Å². The maximum atomic E-state index is 13.2. The number of nitrogens with zero attached hydrogens (tertiary/aromatic N) is 2. The van der Waals surface area contributed by atoms with Crippen LogP contribution in [0.4, 0.5) is 0 Å². The second-order valence-corrected chi connectivity index (χ2v) is 8.08. The number of amides is 1. The van der Waals surface area contributed by atoms with Crippen molar-refractivity contribution >= 4 is 11.7 Å². The molecular weight excluding hydrogens is 392 g/mol. The Morgan fingerprint density at radius 3 is 2.29 bits per heavy atom. The van der Waals surface area contributed by atoms with Crippen LogP contribution in [0.15, 0.2) is 48.5 Å². The van der Waals surface area contributed by atoms with Crippen LogP contribution in [0.3, 0.4) is 0 Å². The molecule has 1 saturated heterocycles. The Morgan fingerprint density at radius 2 is 1.71 bits per heavy atom. The molecule has 3 rings (SSSR count). The molecule has 0 bridgehead atoms. The highest BCUT2D eigenvalue weighted by Gasteiger charge is 2.34. The predicted molar refractivity (Wildman–Crippen MR) is 117 cm³/mol. The Bertz CT molecular complexity index is 954. The number of carbonyl (C=O) groups is 2. The average Bonchev–Trinajstić information content (AvgIpc) is 2.81. The Labute approximate surface area is 183 Å². The van der Waals surface area contributed by atoms with Gasteiger partial charge in [0.1, 0.15) is 17.6 Å². The number of Topliss-reactive ketones (excluding diaryl/α,β-unsaturated/α-hetero) is 1. The first kappa shape index (κ1) is 22.4. The van der Waals surface area contributed by atoms with Gasteiger partial charge in [-0.15, -0.1) is 0 Å². The van der Waals surface area contributed by atoms with Crippen molar-refractivity contribution < 1.29 is 19.1 Å². The molecule has 1 aliphatic rings. The van der Waals surface area contributed by atoms with Gasteiger partial charge in [0.2, 0.25) is 0 Å². The number of likely N-dealkylation sites (tertiary alicyclic amines) is 1. The summed E-state index contributed by atoms with van der Waals surface area (Å²) in [6, 6.07) is 16.2. The summed E-state index contributed by atoms with van der Waals surface area (Å²) in [4.78, 5) is 27.8. The van der Waals surface area contributed by atoms with Gasteiger partial charge in [-0.1, -0.05) is 26.0 Å². The number of hydrogen-bond donors (Lipinski definition) is 0. The summed E-state index contributed by atoms with van der Waals surface area (Å²) >= 11 is 0. The average molecular weight is 421 g/mol. The third-order valence-corrected chi connectivity index (χ3v) is 5.66. The summed E-state index contributed by atoms with van der Waals surface area (Å²) in [5, 5.41) is 9.30. The van der Waals surface area contributed by atoms with Crippen LogP contribution in [-0.2, 0) is 4.79 Å². The highest BCUT2D eigenvalue weighted by molar-refractivity contribution is 5.98. The van der Waals surface area contributed by atoms with Gasteiger partial charge >= 0.3 is 0 Å². The number of hydrogen-bond acceptors (Lipinski definition) is 5. The first-order valence-electron chi connectivity index (χ1n) is 10.6. The minimum atomic E-state index is -0.677. The van der Waals surface area contributed by atoms with Crippen LogP contribution in [0.25, 0.3) is 0 Å². The molecule has 1 fully saturated rings. The van der Waals surface area contributed by atoms with Gasteiger partial charge in [-0.2, -0.15) is 5.26 Å². The molecule has 0 N–H and O–H groups in total. The lowest BCUT2D eigenvalue weighted by atomic mass is 9.88. The monoisotopic (exact) mass is 420 g/mol. The van der Waals surface area contributed by atoms with Crippen LogP contribution in [0, 0.1) is 23.2 Å². The van der Waals surface area contributed by atoms with E-state index in [0.717, 1.165) is 5.75 Å². The number of benzene rings is 2. The van der Waals surface area contributed by atoms with Crippen molar-refractivity contribution in [2.45, 2.75) is 32.8 Å². The minimum Gasteiger partial charge on any atom is -0.497 e. The van der Waals surface area contributed by atoms with E-state index in [2.05, 4.69) is 6.07 Å². The molecule has 1 amide bonds. The third kappa shape index (κ3) is 5.24. The van der Waals surface area contributed by atoms with Crippen molar-refractivity contribution in [3.05, 3.63) is 59.7 Å². The lowest BCUT2D eigenvalue weighted by molar-refractivity contribution is -0.142. The molecule has 2 aromatic rings. The fourth-order valence-electron chi connectivity index (χ4n) is 3.80. The summed E-state index contributed by atoms with van der Waals surface area (Å²) in [7, 11) is 1.59. The van der Waals surface area contributed by atoms with Gasteiger partial charge < -0.3 is 14.4 Å². The molecule has 162 valence electrons. The Morgan fingerprint density at radius 1 is 1.06 bits per heavy atom. The van der Waals surface area contributed by atoms with Gasteiger partial charge in [-0.3, -0.25) is 9.59 Å². The smallest absolute Gasteiger partial charge is 0.263 e. The summed E-state index contributed by atoms with van der Waals surface area (Å²) in [5.41, 5.74) is 1.08. The van der Waals surface area contributed by atoms with Crippen LogP contribution in [0.1, 0.15) is 42.6 Å². The molecule has 1 unspecified atom stereocenters. The zero-order valence-electron chi connectivity index (χ0n) is 18.2. The third-order valence-electron chi connectivity index (χ3n) is 5.66. The Kier molecular flexibility index (Phi) is 7.30. The number of para-hydroxylation sites is 1. The highest BCUT2D eigenvalue weighted by Crippen LogP contribution is 2.26. The maximum Gasteiger partial charge on any atom is 0.263 e. The van der Waals surface area contributed by atoms with Crippen LogP contribution < -0.4 is 9.47 Å². The van der Waals surface area contributed by atoms with E-state index >= 15 is 0 Å². The molecule has 0 saturated carbocycles. The predicted octanol–water partition coefficient (Wildman–Crippen LogP) is 4.09. The number of carbonyl (C=O) groups excluding carboxylic acids is 2. The van der Waals surface area contributed by atoms with E-state index in [1.165, 1.54) is 0 Å². The molecule has 1 atom stereocenters. The van der Waals surface area contributed by atoms with Crippen LogP contribution in [0.2, 0.25) is 0 Å². The first-order valence-corrected chi connectivity index (χ1v) is 10.6. The van der Waals surface area contributed by atoms with E-state index in [1.807, 2.05) is 13.8 Å². The number of ether oxygens (including phenoxy) is 2. The van der Waals surface area contributed by atoms with Gasteiger partial charge in [0.25, 0.3) is 5.91 Å². The fourth-order valence-corrected chi connectivity index (χ4v) is 3.80. The summed E-state index contributed by atoms with van der Waals surface area (Å²) < 4.78 is 11.1. The number of nitriles is 1. The Balaban J connectivity index is 1.63. The number of piperidine rings is 1. The summed E-state index contributed by atoms with van der Waals surface area (Å²) in [5.74, 6) is 0.983. The molecule has 0 radical (unpaired) electrons. The van der Waals surface area contributed by atoms with Crippen molar-refractivity contribution in [3.8, 4) is 17.6 Å². The van der Waals surface area contributed by atoms with Crippen molar-refractivity contribution in [1.82, 2.24) is 4.90 Å². The van der Waals surface area contributed by atoms with E-state index in [4.69, 9.17) is 9.47 Å². The lowest BCUT2D eigenvalue weighted by Crippen LogP contribution is -2.48. The van der Waals surface area contributed by atoms with Gasteiger partial charge in [0, 0.05) is 24.6 Å². The molecule has 0 spiro atoms. The van der Waals surface area contributed by atoms with Crippen LogP contribution in [-0.4, -0.2) is 42.9 Å². The number of ketones is 1. The Hall–Kier alpha value is -3.33. The normalized spacial score (nSPS) is 15.3. The zero-order chi connectivity index (χ0) is 22.4. The van der Waals surface area contributed by atoms with Crippen LogP contribution >= 0.6 is 0 Å². The lowest BCUT2D eigenvalue weighted by Gasteiger charge is -2.34. The van der Waals surface area contributed by atoms with E-state index in [0.29, 0.717) is 42.8 Å². The standard InChI is InChI=1S/C25H28N2O4/c1-17(2)24(31-22-7-5-4-6-20(22)16-26)25(29)27-14-12-19(13-15-27)23(28)18-8-10-21(30-3)11-9-18/h4-11,17,19,24H,12-15H2,1-3H3. The maximum absolute atomic E-state index is 13.2. The zero-order valence-corrected chi connectivity index (χ0v) is 18.2. The first-order chi connectivity index (χ1) is 14.9. The number of rotatable bonds is 7. The largest absolute Gasteiger partial charge is 0.497 e. The van der Waals surface area contributed by atoms with Crippen molar-refractivity contribution in [2.24, 2.45) is 11.8 Å². The van der Waals surface area contributed by atoms with E-state index in [-0.39, 0.29) is 23.5 Å². The molecular formula is C25H28N2O4. The molecule has 1 heterocycles. The van der Waals surface area contributed by atoms with Crippen molar-refractivity contribution in [2.75, 3.05) is 20.2 Å². The van der Waals surface area contributed by atoms with Gasteiger partial charge in [-0.25, -0.2) is 0 Å². The topological polar surface area (TPSA) is 79.6 Å². The molecule has 1 aliphatic heterocycles. The van der Waals surface area contributed by atoms with Crippen molar-refractivity contribution in [3.63, 3.8) is 0 Å². The molecule has 6 nitrogen and oxygen atoms in total. The molecule has 0 aromatic heterocycles. The van der Waals surface area contributed by atoms with Gasteiger partial charge in [0.15, 0.2) is 11.9 Å². The summed E-state index contributed by atoms with van der Waals surface area (Å²) in [6.07, 6.45) is 0.565. The van der Waals surface area contributed by atoms with Crippen LogP contribution in [0.5, 0.6) is 11.5 Å². The van der Waals surface area contributed by atoms with Gasteiger partial charge in [-0.05, 0) is 55.2 Å². The van der Waals surface area contributed by atoms with Crippen molar-refractivity contribution in [1.29, 1.82) is 5.26 Å². The quantitative estimate of drug-likeness (QED) is 0.630. The highest BCUT2D eigenvalue weighted by atomic mass is 16.5. The second-order valence-electron chi connectivity index (χ2n) is 8.08. The second kappa shape index (κ2) is 10.1. The molecule has 0 aliphatic carbocycles.